The van der Waals surface area contributed by atoms with Gasteiger partial charge in [0.15, 0.2) is 0 Å². The van der Waals surface area contributed by atoms with Crippen LogP contribution in [0.5, 0.6) is 0 Å². The fourth-order valence-corrected chi connectivity index (χ4v) is 2.60. The predicted molar refractivity (Wildman–Crippen MR) is 74.5 cm³/mol. The Kier molecular flexibility index (Phi) is 3.01. The standard InChI is InChI=1S/C16H18N2/c17-16-8-9-18-11-14(16)10-13-4-1-2-7-15(13)12-5-3-6-12/h1-2,4,7-9,11-12H,3,5-6,10H2,(H2,17,18). The number of nitrogens with zero attached hydrogens (tertiary/aromatic N) is 1. The first-order chi connectivity index (χ1) is 8.84. The van der Waals surface area contributed by atoms with E-state index in [-0.39, 0.29) is 0 Å². The van der Waals surface area contributed by atoms with Gasteiger partial charge in [0, 0.05) is 24.5 Å². The van der Waals surface area contributed by atoms with Gasteiger partial charge in [-0.3, -0.25) is 4.98 Å². The predicted octanol–water partition coefficient (Wildman–Crippen LogP) is 3.52. The van der Waals surface area contributed by atoms with E-state index in [9.17, 15) is 0 Å². The van der Waals surface area contributed by atoms with Crippen molar-refractivity contribution in [1.29, 1.82) is 0 Å². The summed E-state index contributed by atoms with van der Waals surface area (Å²) in [5, 5.41) is 0. The molecule has 0 atom stereocenters. The molecule has 2 nitrogen and oxygen atoms in total. The Morgan fingerprint density at radius 3 is 2.67 bits per heavy atom. The molecule has 1 aliphatic rings. The van der Waals surface area contributed by atoms with Gasteiger partial charge in [-0.25, -0.2) is 0 Å². The molecule has 0 saturated heterocycles. The highest BCUT2D eigenvalue weighted by atomic mass is 14.7. The van der Waals surface area contributed by atoms with Crippen molar-refractivity contribution in [2.75, 3.05) is 5.73 Å². The number of pyridine rings is 1. The first kappa shape index (κ1) is 11.3. The molecule has 2 heteroatoms. The lowest BCUT2D eigenvalue weighted by Crippen LogP contribution is -2.11. The van der Waals surface area contributed by atoms with Gasteiger partial charge in [-0.2, -0.15) is 0 Å². The van der Waals surface area contributed by atoms with Gasteiger partial charge in [0.05, 0.1) is 0 Å². The number of hydrogen-bond donors (Lipinski definition) is 1. The average molecular weight is 238 g/mol. The van der Waals surface area contributed by atoms with Crippen molar-refractivity contribution in [3.63, 3.8) is 0 Å². The molecule has 92 valence electrons. The van der Waals surface area contributed by atoms with E-state index in [1.165, 1.54) is 30.4 Å². The van der Waals surface area contributed by atoms with Crippen LogP contribution in [-0.4, -0.2) is 4.98 Å². The Morgan fingerprint density at radius 2 is 1.94 bits per heavy atom. The van der Waals surface area contributed by atoms with Crippen LogP contribution in [0.4, 0.5) is 5.69 Å². The third kappa shape index (κ3) is 2.10. The summed E-state index contributed by atoms with van der Waals surface area (Å²) in [7, 11) is 0. The minimum atomic E-state index is 0.763. The number of nitrogen functional groups attached to an aromatic ring is 1. The molecular weight excluding hydrogens is 220 g/mol. The molecule has 1 saturated carbocycles. The van der Waals surface area contributed by atoms with Crippen molar-refractivity contribution in [3.05, 3.63) is 59.4 Å². The Labute approximate surface area is 108 Å². The second kappa shape index (κ2) is 4.81. The van der Waals surface area contributed by atoms with E-state index in [1.807, 2.05) is 12.3 Å². The highest BCUT2D eigenvalue weighted by Gasteiger charge is 2.21. The fourth-order valence-electron chi connectivity index (χ4n) is 2.60. The molecule has 18 heavy (non-hydrogen) atoms. The first-order valence-corrected chi connectivity index (χ1v) is 6.61. The monoisotopic (exact) mass is 238 g/mol. The average Bonchev–Trinajstić information content (AvgIpc) is 2.32. The van der Waals surface area contributed by atoms with E-state index in [4.69, 9.17) is 5.73 Å². The summed E-state index contributed by atoms with van der Waals surface area (Å²) in [4.78, 5) is 4.17. The van der Waals surface area contributed by atoms with Crippen LogP contribution in [0.3, 0.4) is 0 Å². The lowest BCUT2D eigenvalue weighted by Gasteiger charge is -2.28. The fraction of sp³-hybridized carbons (Fsp3) is 0.312. The van der Waals surface area contributed by atoms with Crippen molar-refractivity contribution in [3.8, 4) is 0 Å². The zero-order chi connectivity index (χ0) is 12.4. The van der Waals surface area contributed by atoms with Gasteiger partial charge in [0.2, 0.25) is 0 Å². The Balaban J connectivity index is 1.90. The molecule has 0 unspecified atom stereocenters. The zero-order valence-corrected chi connectivity index (χ0v) is 10.5. The number of anilines is 1. The summed E-state index contributed by atoms with van der Waals surface area (Å²) in [5.41, 5.74) is 10.9. The molecule has 2 N–H and O–H groups in total. The third-order valence-corrected chi connectivity index (χ3v) is 3.92. The topological polar surface area (TPSA) is 38.9 Å². The smallest absolute Gasteiger partial charge is 0.0380 e. The first-order valence-electron chi connectivity index (χ1n) is 6.61. The number of rotatable bonds is 3. The molecule has 0 spiro atoms. The van der Waals surface area contributed by atoms with Crippen LogP contribution in [0.15, 0.2) is 42.7 Å². The Bertz CT molecular complexity index is 544. The quantitative estimate of drug-likeness (QED) is 0.888. The summed E-state index contributed by atoms with van der Waals surface area (Å²) in [6.07, 6.45) is 8.56. The second-order valence-electron chi connectivity index (χ2n) is 5.08. The zero-order valence-electron chi connectivity index (χ0n) is 10.5. The minimum absolute atomic E-state index is 0.763. The van der Waals surface area contributed by atoms with Gasteiger partial charge in [0.25, 0.3) is 0 Å². The summed E-state index contributed by atoms with van der Waals surface area (Å²) < 4.78 is 0. The van der Waals surface area contributed by atoms with Gasteiger partial charge >= 0.3 is 0 Å². The van der Waals surface area contributed by atoms with E-state index in [0.717, 1.165) is 23.6 Å². The van der Waals surface area contributed by atoms with Crippen LogP contribution in [0.1, 0.15) is 41.9 Å². The molecule has 0 bridgehead atoms. The van der Waals surface area contributed by atoms with Crippen LogP contribution in [0.2, 0.25) is 0 Å². The molecule has 0 aliphatic heterocycles. The summed E-state index contributed by atoms with van der Waals surface area (Å²) in [5.74, 6) is 0.763. The Hall–Kier alpha value is -1.83. The highest BCUT2D eigenvalue weighted by Crippen LogP contribution is 2.38. The molecule has 0 radical (unpaired) electrons. The lowest BCUT2D eigenvalue weighted by atomic mass is 9.77. The van der Waals surface area contributed by atoms with E-state index in [0.29, 0.717) is 0 Å². The summed E-state index contributed by atoms with van der Waals surface area (Å²) in [6.45, 7) is 0. The molecule has 0 amide bonds. The molecule has 3 rings (SSSR count). The van der Waals surface area contributed by atoms with E-state index in [1.54, 1.807) is 6.20 Å². The minimum Gasteiger partial charge on any atom is -0.398 e. The second-order valence-corrected chi connectivity index (χ2v) is 5.08. The number of hydrogen-bond acceptors (Lipinski definition) is 2. The molecule has 1 heterocycles. The van der Waals surface area contributed by atoms with Gasteiger partial charge < -0.3 is 5.73 Å². The maximum absolute atomic E-state index is 6.00. The highest BCUT2D eigenvalue weighted by molar-refractivity contribution is 5.48. The largest absolute Gasteiger partial charge is 0.398 e. The van der Waals surface area contributed by atoms with Crippen molar-refractivity contribution in [2.45, 2.75) is 31.6 Å². The normalized spacial score (nSPS) is 15.3. The molecule has 1 aromatic carbocycles. The lowest BCUT2D eigenvalue weighted by molar-refractivity contribution is 0.417. The van der Waals surface area contributed by atoms with Crippen molar-refractivity contribution in [2.24, 2.45) is 0 Å². The van der Waals surface area contributed by atoms with Gasteiger partial charge in [0.1, 0.15) is 0 Å². The number of aromatic nitrogens is 1. The van der Waals surface area contributed by atoms with Gasteiger partial charge in [-0.05, 0) is 41.5 Å². The molecule has 2 aromatic rings. The van der Waals surface area contributed by atoms with E-state index >= 15 is 0 Å². The molecule has 1 aromatic heterocycles. The van der Waals surface area contributed by atoms with E-state index < -0.39 is 0 Å². The molecular formula is C16H18N2. The maximum Gasteiger partial charge on any atom is 0.0380 e. The van der Waals surface area contributed by atoms with Crippen LogP contribution < -0.4 is 5.73 Å². The van der Waals surface area contributed by atoms with Crippen LogP contribution in [0, 0.1) is 0 Å². The number of nitrogens with two attached hydrogens (primary N) is 1. The summed E-state index contributed by atoms with van der Waals surface area (Å²) in [6, 6.07) is 10.6. The molecule has 1 fully saturated rings. The SMILES string of the molecule is Nc1ccncc1Cc1ccccc1C1CCC1. The van der Waals surface area contributed by atoms with Crippen LogP contribution in [-0.2, 0) is 6.42 Å². The third-order valence-electron chi connectivity index (χ3n) is 3.92. The van der Waals surface area contributed by atoms with Crippen molar-refractivity contribution in [1.82, 2.24) is 4.98 Å². The van der Waals surface area contributed by atoms with Crippen molar-refractivity contribution >= 4 is 5.69 Å². The van der Waals surface area contributed by atoms with E-state index in [2.05, 4.69) is 29.2 Å². The maximum atomic E-state index is 6.00. The number of benzene rings is 1. The molecule has 1 aliphatic carbocycles. The van der Waals surface area contributed by atoms with Gasteiger partial charge in [-0.15, -0.1) is 0 Å². The van der Waals surface area contributed by atoms with Gasteiger partial charge in [-0.1, -0.05) is 30.7 Å². The van der Waals surface area contributed by atoms with Crippen molar-refractivity contribution < 1.29 is 0 Å². The Morgan fingerprint density at radius 1 is 1.11 bits per heavy atom. The van der Waals surface area contributed by atoms with Crippen LogP contribution >= 0.6 is 0 Å². The van der Waals surface area contributed by atoms with Crippen LogP contribution in [0.25, 0.3) is 0 Å². The summed E-state index contributed by atoms with van der Waals surface area (Å²) >= 11 is 0.